The quantitative estimate of drug-likeness (QED) is 0.130. The maximum atomic E-state index is 6.29. The topological polar surface area (TPSA) is 28.3 Å². The molecule has 0 spiro atoms. The van der Waals surface area contributed by atoms with Gasteiger partial charge in [-0.05, 0) is 152 Å². The van der Waals surface area contributed by atoms with Crippen LogP contribution in [-0.2, 0) is 9.31 Å². The van der Waals surface area contributed by atoms with Crippen LogP contribution in [0.5, 0.6) is 0 Å². The zero-order valence-corrected chi connectivity index (χ0v) is 40.2. The van der Waals surface area contributed by atoms with Crippen LogP contribution >= 0.6 is 54.5 Å². The molecule has 0 N–H and O–H groups in total. The number of aromatic nitrogens is 2. The predicted octanol–water partition coefficient (Wildman–Crippen LogP) is 16.6. The fraction of sp³-hybridized carbons (Fsp3) is 0.143. The third-order valence-corrected chi connectivity index (χ3v) is 13.7. The Morgan fingerprint density at radius 3 is 1.30 bits per heavy atom. The Kier molecular flexibility index (Phi) is 14.4. The fourth-order valence-corrected chi connectivity index (χ4v) is 8.93. The van der Waals surface area contributed by atoms with E-state index in [1.165, 1.54) is 64.0 Å². The first-order valence-electron chi connectivity index (χ1n) is 20.7. The van der Waals surface area contributed by atoms with Gasteiger partial charge >= 0.3 is 7.12 Å². The van der Waals surface area contributed by atoms with Crippen molar-refractivity contribution in [2.45, 2.75) is 53.8 Å². The molecule has 322 valence electrons. The molecule has 3 heterocycles. The molecule has 8 heteroatoms. The highest BCUT2D eigenvalue weighted by Gasteiger charge is 2.51. The van der Waals surface area contributed by atoms with Crippen LogP contribution in [0.15, 0.2) is 203 Å². The van der Waals surface area contributed by atoms with Crippen molar-refractivity contribution >= 4 is 111 Å². The summed E-state index contributed by atoms with van der Waals surface area (Å²) in [6.07, 6.45) is 0. The molecule has 4 nitrogen and oxygen atoms in total. The first-order valence-corrected chi connectivity index (χ1v) is 23.3. The summed E-state index contributed by atoms with van der Waals surface area (Å²) in [4.78, 5) is 0. The Morgan fingerprint density at radius 2 is 0.812 bits per heavy atom. The van der Waals surface area contributed by atoms with Crippen molar-refractivity contribution in [3.05, 3.63) is 207 Å². The second kappa shape index (κ2) is 19.6. The molecule has 1 fully saturated rings. The van der Waals surface area contributed by atoms with Crippen LogP contribution < -0.4 is 5.46 Å². The van der Waals surface area contributed by atoms with Crippen molar-refractivity contribution in [2.75, 3.05) is 0 Å². The van der Waals surface area contributed by atoms with Gasteiger partial charge in [0, 0.05) is 45.4 Å². The molecule has 0 bridgehead atoms. The van der Waals surface area contributed by atoms with Crippen LogP contribution in [0.1, 0.15) is 42.5 Å². The Hall–Kier alpha value is -4.97. The lowest BCUT2D eigenvalue weighted by atomic mass is 9.79. The van der Waals surface area contributed by atoms with E-state index in [4.69, 9.17) is 9.31 Å². The van der Waals surface area contributed by atoms with Crippen molar-refractivity contribution in [3.8, 4) is 22.5 Å². The van der Waals surface area contributed by atoms with Crippen LogP contribution in [-0.4, -0.2) is 27.5 Å². The lowest BCUT2D eigenvalue weighted by Crippen LogP contribution is -2.41. The zero-order valence-electron chi connectivity index (χ0n) is 34.9. The van der Waals surface area contributed by atoms with E-state index in [0.29, 0.717) is 0 Å². The van der Waals surface area contributed by atoms with E-state index in [-0.39, 0.29) is 33.2 Å². The first kappa shape index (κ1) is 47.0. The van der Waals surface area contributed by atoms with Gasteiger partial charge in [0.1, 0.15) is 0 Å². The smallest absolute Gasteiger partial charge is 0.399 e. The van der Waals surface area contributed by atoms with Gasteiger partial charge in [0.2, 0.25) is 0 Å². The highest BCUT2D eigenvalue weighted by molar-refractivity contribution is 14.1. The predicted molar refractivity (Wildman–Crippen MR) is 291 cm³/mol. The summed E-state index contributed by atoms with van der Waals surface area (Å²) in [5, 5.41) is 5.06. The maximum Gasteiger partial charge on any atom is 0.494 e. The van der Waals surface area contributed by atoms with Crippen molar-refractivity contribution in [3.63, 3.8) is 0 Å². The van der Waals surface area contributed by atoms with Crippen LogP contribution in [0.3, 0.4) is 0 Å². The van der Waals surface area contributed by atoms with Gasteiger partial charge in [0.05, 0.1) is 33.3 Å². The van der Waals surface area contributed by atoms with Gasteiger partial charge in [0.25, 0.3) is 0 Å². The van der Waals surface area contributed by atoms with Gasteiger partial charge in [-0.2, -0.15) is 0 Å². The summed E-state index contributed by atoms with van der Waals surface area (Å²) in [6.45, 7) is 8.36. The number of rotatable bonds is 4. The van der Waals surface area contributed by atoms with E-state index >= 15 is 0 Å². The van der Waals surface area contributed by atoms with Gasteiger partial charge in [-0.15, -0.1) is 0 Å². The second-order valence-corrected chi connectivity index (χ2v) is 19.5. The third-order valence-electron chi connectivity index (χ3n) is 11.9. The highest BCUT2D eigenvalue weighted by Crippen LogP contribution is 2.38. The van der Waals surface area contributed by atoms with Crippen molar-refractivity contribution in [2.24, 2.45) is 0 Å². The molecule has 1 saturated heterocycles. The number of hydrogen-bond donors (Lipinski definition) is 0. The van der Waals surface area contributed by atoms with Gasteiger partial charge in [-0.1, -0.05) is 156 Å². The molecular formula is C56H52BBr2IN2O2. The molecule has 0 aliphatic carbocycles. The van der Waals surface area contributed by atoms with Crippen LogP contribution in [0.2, 0.25) is 0 Å². The minimum Gasteiger partial charge on any atom is -0.399 e. The standard InChI is InChI=1S/C24H24BNO2.C24H16BrN.C6H4BrI.2CH4/c1-23(2)24(3,4)28-25(27-23)17-14-15-20-19-12-8-9-13-21(19)26(22(20)16-17)18-10-6-5-7-11-18;25-19-13-10-17(11-14-19)18-12-15-22-21-8-4-5-9-23(21)26(24(22)16-18)20-6-2-1-3-7-20;7-5-1-3-6(8)4-2-5;;/h5-16H,1-4H3;1-16H;1-4H;2*1H4. The normalized spacial score (nSPS) is 13.7. The van der Waals surface area contributed by atoms with E-state index in [0.717, 1.165) is 20.1 Å². The van der Waals surface area contributed by atoms with Gasteiger partial charge in [-0.3, -0.25) is 0 Å². The Bertz CT molecular complexity index is 3130. The Labute approximate surface area is 408 Å². The Balaban J connectivity index is 0.000000159. The molecule has 8 aromatic carbocycles. The minimum atomic E-state index is -0.364. The molecular weight excluding hydrogens is 1030 g/mol. The number of hydrogen-bond acceptors (Lipinski definition) is 2. The van der Waals surface area contributed by atoms with E-state index in [1.54, 1.807) is 0 Å². The second-order valence-electron chi connectivity index (χ2n) is 16.4. The minimum absolute atomic E-state index is 0. The summed E-state index contributed by atoms with van der Waals surface area (Å²) >= 11 is 9.14. The first-order chi connectivity index (χ1) is 30.0. The largest absolute Gasteiger partial charge is 0.494 e. The van der Waals surface area contributed by atoms with Crippen LogP contribution in [0.4, 0.5) is 0 Å². The third kappa shape index (κ3) is 9.40. The highest BCUT2D eigenvalue weighted by atomic mass is 127. The van der Waals surface area contributed by atoms with Crippen molar-refractivity contribution in [1.29, 1.82) is 0 Å². The van der Waals surface area contributed by atoms with Crippen molar-refractivity contribution < 1.29 is 9.31 Å². The summed E-state index contributed by atoms with van der Waals surface area (Å²) < 4.78 is 20.8. The van der Waals surface area contributed by atoms with Crippen LogP contribution in [0, 0.1) is 3.57 Å². The Morgan fingerprint density at radius 1 is 0.422 bits per heavy atom. The number of halogens is 3. The molecule has 2 aromatic heterocycles. The average molecular weight is 1080 g/mol. The molecule has 11 rings (SSSR count). The molecule has 0 unspecified atom stereocenters. The lowest BCUT2D eigenvalue weighted by Gasteiger charge is -2.32. The molecule has 0 amide bonds. The maximum absolute atomic E-state index is 6.29. The average Bonchev–Trinajstić information content (AvgIpc) is 3.88. The van der Waals surface area contributed by atoms with E-state index < -0.39 is 0 Å². The summed E-state index contributed by atoms with van der Waals surface area (Å²) in [7, 11) is -0.364. The number of nitrogens with zero attached hydrogens (tertiary/aromatic N) is 2. The van der Waals surface area contributed by atoms with E-state index in [9.17, 15) is 0 Å². The molecule has 0 atom stereocenters. The lowest BCUT2D eigenvalue weighted by molar-refractivity contribution is 0.00578. The molecule has 0 saturated carbocycles. The van der Waals surface area contributed by atoms with Gasteiger partial charge in [-0.25, -0.2) is 0 Å². The van der Waals surface area contributed by atoms with Crippen LogP contribution in [0.25, 0.3) is 66.1 Å². The number of fused-ring (bicyclic) bond motifs is 6. The van der Waals surface area contributed by atoms with Gasteiger partial charge < -0.3 is 18.4 Å². The summed E-state index contributed by atoms with van der Waals surface area (Å²) in [5.74, 6) is 0. The summed E-state index contributed by atoms with van der Waals surface area (Å²) in [6, 6.07) is 68.2. The molecule has 1 aliphatic heterocycles. The SMILES string of the molecule is Brc1ccc(-c2ccc3c4ccccc4n(-c4ccccc4)c3c2)cc1.Brc1ccc(I)cc1.C.C.CC1(C)OB(c2ccc3c4ccccc4n(-c4ccccc4)c3c2)OC1(C)C. The van der Waals surface area contributed by atoms with Gasteiger partial charge in [0.15, 0.2) is 0 Å². The zero-order chi connectivity index (χ0) is 43.0. The molecule has 10 aromatic rings. The monoisotopic (exact) mass is 1080 g/mol. The van der Waals surface area contributed by atoms with E-state index in [1.807, 2.05) is 18.2 Å². The fourth-order valence-electron chi connectivity index (χ4n) is 8.05. The molecule has 64 heavy (non-hydrogen) atoms. The number of para-hydroxylation sites is 4. The number of benzene rings is 8. The molecule has 1 aliphatic rings. The summed E-state index contributed by atoms with van der Waals surface area (Å²) in [5.41, 5.74) is 9.98. The van der Waals surface area contributed by atoms with E-state index in [2.05, 4.69) is 267 Å². The molecule has 0 radical (unpaired) electrons. The van der Waals surface area contributed by atoms with Crippen molar-refractivity contribution in [1.82, 2.24) is 9.13 Å².